The molecule has 1 heterocycles. The van der Waals surface area contributed by atoms with E-state index in [0.29, 0.717) is 68.6 Å². The molecule has 45 heavy (non-hydrogen) atoms. The Labute approximate surface area is 267 Å². The predicted molar refractivity (Wildman–Crippen MR) is 174 cm³/mol. The third-order valence-electron chi connectivity index (χ3n) is 7.11. The lowest BCUT2D eigenvalue weighted by molar-refractivity contribution is -0.115. The standard InChI is InChI=1S/C33H38N4O7S/c1-9-19-13-11-12-14-22(19)34-32(38)27(10-2)45-33-35-28(20-15-23(39-3)30(43-7)24(16-20)40-4)29(36-37-33)21-17-25(41-5)31(44-8)26(18-21)42-6/h11-18,27H,9-10H2,1-8H3,(H,34,38). The number of rotatable bonds is 14. The van der Waals surface area contributed by atoms with Crippen LogP contribution in [0, 0.1) is 0 Å². The molecule has 0 saturated heterocycles. The first-order valence-electron chi connectivity index (χ1n) is 14.3. The minimum absolute atomic E-state index is 0.143. The number of nitrogens with one attached hydrogen (secondary N) is 1. The molecule has 0 fully saturated rings. The maximum Gasteiger partial charge on any atom is 0.237 e. The monoisotopic (exact) mass is 634 g/mol. The van der Waals surface area contributed by atoms with Crippen LogP contribution in [0.4, 0.5) is 5.69 Å². The van der Waals surface area contributed by atoms with E-state index in [4.69, 9.17) is 33.4 Å². The van der Waals surface area contributed by atoms with E-state index in [2.05, 4.69) is 22.4 Å². The summed E-state index contributed by atoms with van der Waals surface area (Å²) in [6.07, 6.45) is 1.34. The third-order valence-corrected chi connectivity index (χ3v) is 8.33. The SMILES string of the molecule is CCc1ccccc1NC(=O)C(CC)Sc1nnc(-c2cc(OC)c(OC)c(OC)c2)c(-c2cc(OC)c(OC)c(OC)c2)n1. The van der Waals surface area contributed by atoms with E-state index in [1.165, 1.54) is 26.0 Å². The van der Waals surface area contributed by atoms with Gasteiger partial charge < -0.3 is 33.7 Å². The van der Waals surface area contributed by atoms with Crippen molar-refractivity contribution >= 4 is 23.4 Å². The van der Waals surface area contributed by atoms with Crippen LogP contribution in [0.3, 0.4) is 0 Å². The average molecular weight is 635 g/mol. The Balaban J connectivity index is 1.84. The first-order chi connectivity index (χ1) is 21.8. The highest BCUT2D eigenvalue weighted by atomic mass is 32.2. The Hall–Kier alpha value is -4.71. The fraction of sp³-hybridized carbons (Fsp3) is 0.333. The van der Waals surface area contributed by atoms with Gasteiger partial charge in [0.1, 0.15) is 11.4 Å². The second-order valence-corrected chi connectivity index (χ2v) is 10.8. The molecular weight excluding hydrogens is 596 g/mol. The number of carbonyl (C=O) groups is 1. The molecule has 4 aromatic rings. The third kappa shape index (κ3) is 7.17. The van der Waals surface area contributed by atoms with Crippen LogP contribution in [-0.2, 0) is 11.2 Å². The molecule has 1 amide bonds. The van der Waals surface area contributed by atoms with Crippen LogP contribution >= 0.6 is 11.8 Å². The van der Waals surface area contributed by atoms with Crippen LogP contribution in [0.1, 0.15) is 25.8 Å². The summed E-state index contributed by atoms with van der Waals surface area (Å²) in [5.74, 6) is 2.50. The first kappa shape index (κ1) is 33.2. The van der Waals surface area contributed by atoms with E-state index < -0.39 is 5.25 Å². The molecule has 0 radical (unpaired) electrons. The number of ether oxygens (including phenoxy) is 6. The predicted octanol–water partition coefficient (Wildman–Crippen LogP) is 6.33. The summed E-state index contributed by atoms with van der Waals surface area (Å²) in [5, 5.41) is 12.0. The zero-order valence-electron chi connectivity index (χ0n) is 26.7. The van der Waals surface area contributed by atoms with E-state index in [-0.39, 0.29) is 5.91 Å². The quantitative estimate of drug-likeness (QED) is 0.157. The highest BCUT2D eigenvalue weighted by molar-refractivity contribution is 8.00. The van der Waals surface area contributed by atoms with Gasteiger partial charge in [0.15, 0.2) is 23.0 Å². The molecule has 3 aromatic carbocycles. The maximum absolute atomic E-state index is 13.4. The fourth-order valence-electron chi connectivity index (χ4n) is 4.81. The topological polar surface area (TPSA) is 123 Å². The molecule has 0 saturated carbocycles. The van der Waals surface area contributed by atoms with Gasteiger partial charge in [-0.25, -0.2) is 4.98 Å². The normalized spacial score (nSPS) is 11.4. The number of thioether (sulfide) groups is 1. The Bertz CT molecular complexity index is 1600. The van der Waals surface area contributed by atoms with Gasteiger partial charge in [-0.2, -0.15) is 0 Å². The van der Waals surface area contributed by atoms with Gasteiger partial charge in [-0.1, -0.05) is 43.8 Å². The molecule has 0 bridgehead atoms. The van der Waals surface area contributed by atoms with Gasteiger partial charge in [0.05, 0.1) is 47.9 Å². The number of aryl methyl sites for hydroxylation is 1. The zero-order valence-corrected chi connectivity index (χ0v) is 27.5. The van der Waals surface area contributed by atoms with Crippen molar-refractivity contribution in [2.75, 3.05) is 48.0 Å². The number of methoxy groups -OCH3 is 6. The van der Waals surface area contributed by atoms with E-state index in [0.717, 1.165) is 17.7 Å². The summed E-state index contributed by atoms with van der Waals surface area (Å²) in [4.78, 5) is 18.3. The highest BCUT2D eigenvalue weighted by Gasteiger charge is 2.25. The second kappa shape index (κ2) is 15.3. The number of benzene rings is 3. The Kier molecular flexibility index (Phi) is 11.3. The van der Waals surface area contributed by atoms with Gasteiger partial charge in [-0.15, -0.1) is 10.2 Å². The number of hydrogen-bond acceptors (Lipinski definition) is 11. The maximum atomic E-state index is 13.4. The molecular formula is C33H38N4O7S. The molecule has 238 valence electrons. The van der Waals surface area contributed by atoms with Crippen molar-refractivity contribution in [3.05, 3.63) is 54.1 Å². The molecule has 1 aromatic heterocycles. The largest absolute Gasteiger partial charge is 0.493 e. The van der Waals surface area contributed by atoms with E-state index in [1.54, 1.807) is 52.7 Å². The number of aromatic nitrogens is 3. The molecule has 1 atom stereocenters. The van der Waals surface area contributed by atoms with Crippen LogP contribution in [0.25, 0.3) is 22.5 Å². The summed E-state index contributed by atoms with van der Waals surface area (Å²) in [5.41, 5.74) is 3.99. The number of amides is 1. The van der Waals surface area contributed by atoms with Gasteiger partial charge in [-0.3, -0.25) is 4.79 Å². The summed E-state index contributed by atoms with van der Waals surface area (Å²) in [6.45, 7) is 4.00. The molecule has 12 heteroatoms. The van der Waals surface area contributed by atoms with E-state index in [9.17, 15) is 4.79 Å². The van der Waals surface area contributed by atoms with Crippen molar-refractivity contribution in [2.45, 2.75) is 37.1 Å². The summed E-state index contributed by atoms with van der Waals surface area (Å²) in [6, 6.07) is 14.9. The van der Waals surface area contributed by atoms with Crippen molar-refractivity contribution in [3.63, 3.8) is 0 Å². The number of hydrogen-bond donors (Lipinski definition) is 1. The summed E-state index contributed by atoms with van der Waals surface area (Å²) in [7, 11) is 9.25. The number of para-hydroxylation sites is 1. The highest BCUT2D eigenvalue weighted by Crippen LogP contribution is 2.45. The zero-order chi connectivity index (χ0) is 32.5. The van der Waals surface area contributed by atoms with Crippen molar-refractivity contribution in [1.82, 2.24) is 15.2 Å². The molecule has 0 aliphatic rings. The summed E-state index contributed by atoms with van der Waals surface area (Å²) < 4.78 is 33.5. The van der Waals surface area contributed by atoms with Gasteiger partial charge in [0, 0.05) is 16.8 Å². The Morgan fingerprint density at radius 2 is 1.24 bits per heavy atom. The van der Waals surface area contributed by atoms with Crippen molar-refractivity contribution < 1.29 is 33.2 Å². The molecule has 0 spiro atoms. The number of nitrogens with zero attached hydrogens (tertiary/aromatic N) is 3. The van der Waals surface area contributed by atoms with Crippen molar-refractivity contribution in [1.29, 1.82) is 0 Å². The first-order valence-corrected chi connectivity index (χ1v) is 15.1. The minimum Gasteiger partial charge on any atom is -0.493 e. The Morgan fingerprint density at radius 3 is 1.71 bits per heavy atom. The van der Waals surface area contributed by atoms with Crippen molar-refractivity contribution in [2.24, 2.45) is 0 Å². The number of anilines is 1. The van der Waals surface area contributed by atoms with Crippen LogP contribution < -0.4 is 33.7 Å². The van der Waals surface area contributed by atoms with Crippen LogP contribution in [0.15, 0.2) is 53.7 Å². The van der Waals surface area contributed by atoms with E-state index >= 15 is 0 Å². The second-order valence-electron chi connectivity index (χ2n) is 9.63. The molecule has 0 aliphatic carbocycles. The molecule has 1 unspecified atom stereocenters. The molecule has 0 aliphatic heterocycles. The molecule has 4 rings (SSSR count). The van der Waals surface area contributed by atoms with Gasteiger partial charge in [-0.05, 0) is 48.7 Å². The van der Waals surface area contributed by atoms with Gasteiger partial charge in [0.25, 0.3) is 0 Å². The molecule has 11 nitrogen and oxygen atoms in total. The minimum atomic E-state index is -0.475. The van der Waals surface area contributed by atoms with E-state index in [1.807, 2.05) is 31.2 Å². The fourth-order valence-corrected chi connectivity index (χ4v) is 5.62. The van der Waals surface area contributed by atoms with Crippen molar-refractivity contribution in [3.8, 4) is 57.0 Å². The Morgan fingerprint density at radius 1 is 0.733 bits per heavy atom. The lowest BCUT2D eigenvalue weighted by Gasteiger charge is -2.18. The summed E-state index contributed by atoms with van der Waals surface area (Å²) >= 11 is 1.24. The van der Waals surface area contributed by atoms with Crippen LogP contribution in [-0.4, -0.2) is 69.0 Å². The lowest BCUT2D eigenvalue weighted by Crippen LogP contribution is -2.25. The lowest BCUT2D eigenvalue weighted by atomic mass is 10.0. The smallest absolute Gasteiger partial charge is 0.237 e. The number of carbonyl (C=O) groups excluding carboxylic acids is 1. The average Bonchev–Trinajstić information content (AvgIpc) is 3.09. The molecule has 1 N–H and O–H groups in total. The van der Waals surface area contributed by atoms with Gasteiger partial charge in [0.2, 0.25) is 22.6 Å². The van der Waals surface area contributed by atoms with Gasteiger partial charge >= 0.3 is 0 Å². The van der Waals surface area contributed by atoms with Crippen LogP contribution in [0.2, 0.25) is 0 Å². The van der Waals surface area contributed by atoms with Crippen LogP contribution in [0.5, 0.6) is 34.5 Å².